The minimum atomic E-state index is 0.553. The lowest BCUT2D eigenvalue weighted by Crippen LogP contribution is -2.37. The molecule has 0 aromatic carbocycles. The van der Waals surface area contributed by atoms with Crippen LogP contribution in [-0.2, 0) is 9.47 Å². The van der Waals surface area contributed by atoms with Crippen LogP contribution in [0.3, 0.4) is 0 Å². The molecule has 1 aliphatic heterocycles. The first-order valence-corrected chi connectivity index (χ1v) is 4.97. The Morgan fingerprint density at radius 1 is 1.62 bits per heavy atom. The maximum Gasteiger partial charge on any atom is 0.0885 e. The lowest BCUT2D eigenvalue weighted by molar-refractivity contribution is 0.0699. The molecule has 1 N–H and O–H groups in total. The molecular weight excluding hydrogens is 166 g/mol. The Balaban J connectivity index is 1.89. The van der Waals surface area contributed by atoms with Crippen LogP contribution in [0, 0.1) is 0 Å². The number of nitrogens with one attached hydrogen (secondary N) is 1. The van der Waals surface area contributed by atoms with Gasteiger partial charge in [0.15, 0.2) is 0 Å². The zero-order valence-corrected chi connectivity index (χ0v) is 8.13. The van der Waals surface area contributed by atoms with Crippen molar-refractivity contribution >= 4 is 0 Å². The second-order valence-corrected chi connectivity index (χ2v) is 3.26. The lowest BCUT2D eigenvalue weighted by atomic mass is 10.1. The van der Waals surface area contributed by atoms with Gasteiger partial charge in [0.05, 0.1) is 19.5 Å². The molecule has 0 aromatic heterocycles. The van der Waals surface area contributed by atoms with E-state index < -0.39 is 0 Å². The monoisotopic (exact) mass is 185 g/mol. The Hall–Kier alpha value is -0.540. The Kier molecular flexibility index (Phi) is 5.61. The summed E-state index contributed by atoms with van der Waals surface area (Å²) in [5.41, 5.74) is 0. The highest BCUT2D eigenvalue weighted by molar-refractivity contribution is 4.69. The van der Waals surface area contributed by atoms with E-state index in [1.54, 1.807) is 0 Å². The minimum absolute atomic E-state index is 0.553. The Bertz CT molecular complexity index is 133. The molecule has 0 amide bonds. The molecule has 1 unspecified atom stereocenters. The number of hydrogen-bond donors (Lipinski definition) is 1. The Morgan fingerprint density at radius 2 is 2.54 bits per heavy atom. The van der Waals surface area contributed by atoms with E-state index in [0.717, 1.165) is 32.8 Å². The van der Waals surface area contributed by atoms with Gasteiger partial charge in [-0.3, -0.25) is 0 Å². The summed E-state index contributed by atoms with van der Waals surface area (Å²) in [5, 5.41) is 3.44. The van der Waals surface area contributed by atoms with Crippen LogP contribution < -0.4 is 5.32 Å². The fraction of sp³-hybridized carbons (Fsp3) is 0.800. The van der Waals surface area contributed by atoms with Gasteiger partial charge in [-0.25, -0.2) is 0 Å². The van der Waals surface area contributed by atoms with Crippen molar-refractivity contribution in [3.63, 3.8) is 0 Å². The summed E-state index contributed by atoms with van der Waals surface area (Å²) in [6.45, 7) is 7.03. The zero-order valence-electron chi connectivity index (χ0n) is 8.13. The number of hydrogen-bond acceptors (Lipinski definition) is 3. The quantitative estimate of drug-likeness (QED) is 0.500. The average Bonchev–Trinajstić information content (AvgIpc) is 2.19. The molecule has 76 valence electrons. The van der Waals surface area contributed by atoms with Crippen molar-refractivity contribution in [1.82, 2.24) is 5.32 Å². The maximum absolute atomic E-state index is 5.35. The highest BCUT2D eigenvalue weighted by Gasteiger charge is 2.11. The molecule has 1 rings (SSSR count). The van der Waals surface area contributed by atoms with Gasteiger partial charge < -0.3 is 14.8 Å². The number of ether oxygens (including phenoxy) is 2. The predicted molar refractivity (Wildman–Crippen MR) is 52.6 cm³/mol. The van der Waals surface area contributed by atoms with Crippen molar-refractivity contribution in [3.05, 3.63) is 12.8 Å². The van der Waals surface area contributed by atoms with Crippen LogP contribution in [0.15, 0.2) is 12.8 Å². The Labute approximate surface area is 80.1 Å². The first-order chi connectivity index (χ1) is 6.43. The highest BCUT2D eigenvalue weighted by Crippen LogP contribution is 2.05. The fourth-order valence-electron chi connectivity index (χ4n) is 1.45. The molecule has 1 aliphatic rings. The van der Waals surface area contributed by atoms with Gasteiger partial charge in [0.25, 0.3) is 0 Å². The summed E-state index contributed by atoms with van der Waals surface area (Å²) in [4.78, 5) is 0. The van der Waals surface area contributed by atoms with Gasteiger partial charge in [0, 0.05) is 12.6 Å². The molecule has 1 atom stereocenters. The van der Waals surface area contributed by atoms with Crippen molar-refractivity contribution in [2.75, 3.05) is 26.4 Å². The van der Waals surface area contributed by atoms with Crippen molar-refractivity contribution in [3.8, 4) is 0 Å². The van der Waals surface area contributed by atoms with Crippen molar-refractivity contribution in [2.45, 2.75) is 25.3 Å². The summed E-state index contributed by atoms with van der Waals surface area (Å²) in [6, 6.07) is 0.553. The molecule has 0 aromatic rings. The molecule has 0 spiro atoms. The molecule has 1 saturated heterocycles. The Morgan fingerprint density at radius 3 is 3.23 bits per heavy atom. The topological polar surface area (TPSA) is 30.5 Å². The van der Waals surface area contributed by atoms with Crippen LogP contribution in [0.5, 0.6) is 0 Å². The molecular formula is C10H19NO2. The standard InChI is InChI=1S/C10H19NO2/c1-2-12-8-4-6-11-10-5-3-7-13-9-10/h2,10-11H,1,3-9H2. The normalized spacial score (nSPS) is 22.6. The maximum atomic E-state index is 5.35. The first-order valence-electron chi connectivity index (χ1n) is 4.97. The van der Waals surface area contributed by atoms with Crippen LogP contribution in [-0.4, -0.2) is 32.4 Å². The molecule has 0 bridgehead atoms. The van der Waals surface area contributed by atoms with Crippen molar-refractivity contribution in [1.29, 1.82) is 0 Å². The summed E-state index contributed by atoms with van der Waals surface area (Å²) in [5.74, 6) is 0. The van der Waals surface area contributed by atoms with Gasteiger partial charge in [0.2, 0.25) is 0 Å². The summed E-state index contributed by atoms with van der Waals surface area (Å²) < 4.78 is 10.4. The van der Waals surface area contributed by atoms with E-state index >= 15 is 0 Å². The van der Waals surface area contributed by atoms with Crippen molar-refractivity contribution in [2.24, 2.45) is 0 Å². The van der Waals surface area contributed by atoms with E-state index in [1.165, 1.54) is 19.1 Å². The molecule has 1 heterocycles. The second-order valence-electron chi connectivity index (χ2n) is 3.26. The van der Waals surface area contributed by atoms with E-state index in [2.05, 4.69) is 11.9 Å². The van der Waals surface area contributed by atoms with Crippen LogP contribution >= 0.6 is 0 Å². The smallest absolute Gasteiger partial charge is 0.0885 e. The largest absolute Gasteiger partial charge is 0.502 e. The lowest BCUT2D eigenvalue weighted by Gasteiger charge is -2.23. The molecule has 3 heteroatoms. The van der Waals surface area contributed by atoms with E-state index in [0.29, 0.717) is 6.04 Å². The van der Waals surface area contributed by atoms with E-state index in [-0.39, 0.29) is 0 Å². The van der Waals surface area contributed by atoms with Gasteiger partial charge in [-0.1, -0.05) is 6.58 Å². The number of rotatable bonds is 6. The van der Waals surface area contributed by atoms with Crippen LogP contribution in [0.4, 0.5) is 0 Å². The van der Waals surface area contributed by atoms with Gasteiger partial charge in [-0.2, -0.15) is 0 Å². The van der Waals surface area contributed by atoms with Gasteiger partial charge in [-0.15, -0.1) is 0 Å². The van der Waals surface area contributed by atoms with E-state index in [4.69, 9.17) is 9.47 Å². The van der Waals surface area contributed by atoms with E-state index in [1.807, 2.05) is 0 Å². The third-order valence-electron chi connectivity index (χ3n) is 2.15. The summed E-state index contributed by atoms with van der Waals surface area (Å²) >= 11 is 0. The van der Waals surface area contributed by atoms with Gasteiger partial charge in [-0.05, 0) is 25.8 Å². The molecule has 0 saturated carbocycles. The SMILES string of the molecule is C=COCCCNC1CCCOC1. The van der Waals surface area contributed by atoms with E-state index in [9.17, 15) is 0 Å². The van der Waals surface area contributed by atoms with Gasteiger partial charge in [0.1, 0.15) is 0 Å². The molecule has 0 radical (unpaired) electrons. The second kappa shape index (κ2) is 6.92. The van der Waals surface area contributed by atoms with Crippen LogP contribution in [0.2, 0.25) is 0 Å². The zero-order chi connectivity index (χ0) is 9.36. The summed E-state index contributed by atoms with van der Waals surface area (Å²) in [7, 11) is 0. The third kappa shape index (κ3) is 4.90. The third-order valence-corrected chi connectivity index (χ3v) is 2.15. The fourth-order valence-corrected chi connectivity index (χ4v) is 1.45. The minimum Gasteiger partial charge on any atom is -0.502 e. The average molecular weight is 185 g/mol. The molecule has 3 nitrogen and oxygen atoms in total. The predicted octanol–water partition coefficient (Wildman–Crippen LogP) is 1.31. The first kappa shape index (κ1) is 10.5. The molecule has 1 fully saturated rings. The molecule has 13 heavy (non-hydrogen) atoms. The summed E-state index contributed by atoms with van der Waals surface area (Å²) in [6.07, 6.45) is 4.94. The van der Waals surface area contributed by atoms with Crippen molar-refractivity contribution < 1.29 is 9.47 Å². The van der Waals surface area contributed by atoms with Crippen LogP contribution in [0.1, 0.15) is 19.3 Å². The molecule has 0 aliphatic carbocycles. The van der Waals surface area contributed by atoms with Gasteiger partial charge >= 0.3 is 0 Å². The van der Waals surface area contributed by atoms with Crippen LogP contribution in [0.25, 0.3) is 0 Å². The highest BCUT2D eigenvalue weighted by atomic mass is 16.5.